The molecule has 0 fully saturated rings. The van der Waals surface area contributed by atoms with Gasteiger partial charge in [0, 0.05) is 18.4 Å². The van der Waals surface area contributed by atoms with Crippen LogP contribution in [-0.4, -0.2) is 12.6 Å². The average Bonchev–Trinajstić information content (AvgIpc) is 1.90. The lowest BCUT2D eigenvalue weighted by Gasteiger charge is -2.17. The molecule has 3 heteroatoms. The molecule has 1 rings (SSSR count). The van der Waals surface area contributed by atoms with Gasteiger partial charge in [-0.05, 0) is 6.92 Å². The van der Waals surface area contributed by atoms with E-state index in [0.717, 1.165) is 5.70 Å². The minimum atomic E-state index is -0.0614. The van der Waals surface area contributed by atoms with Crippen molar-refractivity contribution in [3.8, 4) is 6.07 Å². The SMILES string of the molecule is CC1=CNC(C#N)CN1. The molecule has 0 radical (unpaired) electrons. The van der Waals surface area contributed by atoms with Gasteiger partial charge in [0.15, 0.2) is 0 Å². The van der Waals surface area contributed by atoms with E-state index in [1.54, 1.807) is 0 Å². The van der Waals surface area contributed by atoms with Crippen molar-refractivity contribution < 1.29 is 0 Å². The van der Waals surface area contributed by atoms with E-state index in [9.17, 15) is 0 Å². The summed E-state index contributed by atoms with van der Waals surface area (Å²) in [4.78, 5) is 0. The highest BCUT2D eigenvalue weighted by Gasteiger charge is 2.07. The highest BCUT2D eigenvalue weighted by Crippen LogP contribution is 1.92. The smallest absolute Gasteiger partial charge is 0.131 e. The predicted molar refractivity (Wildman–Crippen MR) is 34.3 cm³/mol. The van der Waals surface area contributed by atoms with E-state index >= 15 is 0 Å². The third-order valence-corrected chi connectivity index (χ3v) is 1.24. The molecule has 0 amide bonds. The van der Waals surface area contributed by atoms with E-state index in [-0.39, 0.29) is 6.04 Å². The van der Waals surface area contributed by atoms with Crippen LogP contribution in [0.25, 0.3) is 0 Å². The van der Waals surface area contributed by atoms with Gasteiger partial charge in [-0.2, -0.15) is 5.26 Å². The number of hydrogen-bond donors (Lipinski definition) is 2. The summed E-state index contributed by atoms with van der Waals surface area (Å²) in [7, 11) is 0. The van der Waals surface area contributed by atoms with Gasteiger partial charge in [0.05, 0.1) is 6.07 Å². The normalized spacial score (nSPS) is 24.9. The Hall–Kier alpha value is -1.17. The molecule has 2 N–H and O–H groups in total. The molecule has 0 bridgehead atoms. The summed E-state index contributed by atoms with van der Waals surface area (Å²) in [6, 6.07) is 2.04. The van der Waals surface area contributed by atoms with Gasteiger partial charge in [-0.1, -0.05) is 0 Å². The Labute approximate surface area is 54.4 Å². The van der Waals surface area contributed by atoms with Gasteiger partial charge in [0.2, 0.25) is 0 Å². The van der Waals surface area contributed by atoms with Crippen LogP contribution in [0.5, 0.6) is 0 Å². The van der Waals surface area contributed by atoms with E-state index in [0.29, 0.717) is 6.54 Å². The van der Waals surface area contributed by atoms with Gasteiger partial charge in [0.1, 0.15) is 6.04 Å². The first-order valence-electron chi connectivity index (χ1n) is 2.89. The number of nitriles is 1. The van der Waals surface area contributed by atoms with Crippen LogP contribution in [0.3, 0.4) is 0 Å². The zero-order valence-corrected chi connectivity index (χ0v) is 5.31. The first-order chi connectivity index (χ1) is 4.33. The van der Waals surface area contributed by atoms with Crippen molar-refractivity contribution in [3.63, 3.8) is 0 Å². The van der Waals surface area contributed by atoms with Crippen LogP contribution in [0.2, 0.25) is 0 Å². The molecule has 0 aromatic heterocycles. The topological polar surface area (TPSA) is 47.9 Å². The van der Waals surface area contributed by atoms with Crippen molar-refractivity contribution >= 4 is 0 Å². The monoisotopic (exact) mass is 123 g/mol. The fourth-order valence-electron chi connectivity index (χ4n) is 0.682. The fraction of sp³-hybridized carbons (Fsp3) is 0.500. The second-order valence-corrected chi connectivity index (χ2v) is 2.06. The highest BCUT2D eigenvalue weighted by atomic mass is 15.0. The number of nitrogens with zero attached hydrogens (tertiary/aromatic N) is 1. The predicted octanol–water partition coefficient (Wildman–Crippen LogP) is -0.0673. The summed E-state index contributed by atoms with van der Waals surface area (Å²) >= 11 is 0. The lowest BCUT2D eigenvalue weighted by molar-refractivity contribution is 0.607. The van der Waals surface area contributed by atoms with Crippen LogP contribution < -0.4 is 10.6 Å². The molecule has 0 saturated heterocycles. The zero-order valence-electron chi connectivity index (χ0n) is 5.31. The van der Waals surface area contributed by atoms with Crippen LogP contribution in [0, 0.1) is 11.3 Å². The van der Waals surface area contributed by atoms with Crippen molar-refractivity contribution in [2.45, 2.75) is 13.0 Å². The van der Waals surface area contributed by atoms with Gasteiger partial charge in [0.25, 0.3) is 0 Å². The second-order valence-electron chi connectivity index (χ2n) is 2.06. The van der Waals surface area contributed by atoms with Crippen LogP contribution in [0.4, 0.5) is 0 Å². The molecule has 48 valence electrons. The molecule has 1 aliphatic rings. The molecule has 9 heavy (non-hydrogen) atoms. The quantitative estimate of drug-likeness (QED) is 0.474. The van der Waals surface area contributed by atoms with Gasteiger partial charge < -0.3 is 10.6 Å². The number of allylic oxidation sites excluding steroid dienone is 1. The second kappa shape index (κ2) is 2.40. The summed E-state index contributed by atoms with van der Waals surface area (Å²) in [5, 5.41) is 14.4. The number of hydrogen-bond acceptors (Lipinski definition) is 3. The summed E-state index contributed by atoms with van der Waals surface area (Å²) < 4.78 is 0. The molecule has 1 heterocycles. The average molecular weight is 123 g/mol. The van der Waals surface area contributed by atoms with Crippen LogP contribution in [-0.2, 0) is 0 Å². The van der Waals surface area contributed by atoms with E-state index in [1.807, 2.05) is 13.1 Å². The van der Waals surface area contributed by atoms with Gasteiger partial charge in [-0.3, -0.25) is 0 Å². The number of nitrogens with one attached hydrogen (secondary N) is 2. The van der Waals surface area contributed by atoms with E-state index in [1.165, 1.54) is 0 Å². The molecule has 0 saturated carbocycles. The van der Waals surface area contributed by atoms with Gasteiger partial charge in [-0.15, -0.1) is 0 Å². The van der Waals surface area contributed by atoms with Crippen LogP contribution in [0.1, 0.15) is 6.92 Å². The molecular weight excluding hydrogens is 114 g/mol. The summed E-state index contributed by atoms with van der Waals surface area (Å²) in [5.41, 5.74) is 1.08. The van der Waals surface area contributed by atoms with Gasteiger partial charge >= 0.3 is 0 Å². The molecule has 0 spiro atoms. The largest absolute Gasteiger partial charge is 0.384 e. The zero-order chi connectivity index (χ0) is 6.69. The summed E-state index contributed by atoms with van der Waals surface area (Å²) in [6.45, 7) is 2.67. The molecule has 1 aliphatic heterocycles. The standard InChI is InChI=1S/C6H9N3/c1-5-3-9-6(2-7)4-8-5/h3,6,8-9H,4H2,1H3. The van der Waals surface area contributed by atoms with Crippen LogP contribution in [0.15, 0.2) is 11.9 Å². The molecule has 3 nitrogen and oxygen atoms in total. The lowest BCUT2D eigenvalue weighted by Crippen LogP contribution is -2.39. The third-order valence-electron chi connectivity index (χ3n) is 1.24. The molecule has 0 aliphatic carbocycles. The van der Waals surface area contributed by atoms with E-state index in [2.05, 4.69) is 16.7 Å². The van der Waals surface area contributed by atoms with Crippen molar-refractivity contribution in [1.29, 1.82) is 5.26 Å². The van der Waals surface area contributed by atoms with E-state index in [4.69, 9.17) is 5.26 Å². The Morgan fingerprint density at radius 3 is 3.11 bits per heavy atom. The maximum atomic E-state index is 8.40. The Morgan fingerprint density at radius 1 is 1.89 bits per heavy atom. The van der Waals surface area contributed by atoms with Crippen molar-refractivity contribution in [1.82, 2.24) is 10.6 Å². The Bertz CT molecular complexity index is 166. The van der Waals surface area contributed by atoms with Crippen LogP contribution >= 0.6 is 0 Å². The first kappa shape index (κ1) is 5.96. The molecule has 1 atom stereocenters. The summed E-state index contributed by atoms with van der Waals surface area (Å²) in [6.07, 6.45) is 1.82. The molecular formula is C6H9N3. The maximum Gasteiger partial charge on any atom is 0.131 e. The van der Waals surface area contributed by atoms with Crippen molar-refractivity contribution in [2.24, 2.45) is 0 Å². The Morgan fingerprint density at radius 2 is 2.67 bits per heavy atom. The van der Waals surface area contributed by atoms with Gasteiger partial charge in [-0.25, -0.2) is 0 Å². The molecule has 1 unspecified atom stereocenters. The fourth-order valence-corrected chi connectivity index (χ4v) is 0.682. The Kier molecular flexibility index (Phi) is 1.59. The van der Waals surface area contributed by atoms with Crippen molar-refractivity contribution in [3.05, 3.63) is 11.9 Å². The molecule has 0 aromatic rings. The lowest BCUT2D eigenvalue weighted by atomic mass is 10.3. The third kappa shape index (κ3) is 1.36. The summed E-state index contributed by atoms with van der Waals surface area (Å²) in [5.74, 6) is 0. The molecule has 0 aromatic carbocycles. The minimum absolute atomic E-state index is 0.0614. The highest BCUT2D eigenvalue weighted by molar-refractivity contribution is 5.06. The van der Waals surface area contributed by atoms with Crippen molar-refractivity contribution in [2.75, 3.05) is 6.54 Å². The first-order valence-corrected chi connectivity index (χ1v) is 2.89. The Balaban J connectivity index is 2.48. The minimum Gasteiger partial charge on any atom is -0.384 e. The maximum absolute atomic E-state index is 8.40. The van der Waals surface area contributed by atoms with E-state index < -0.39 is 0 Å². The number of rotatable bonds is 0.